The standard InChI is InChI=1S/C17H18O4/c1-11-3-5-13(15(9-11)19-2)17(18)12-4-6-14-16(10-12)21-8-7-20-14/h3-6,9-10,17-18H,7-8H2,1-2H3. The summed E-state index contributed by atoms with van der Waals surface area (Å²) in [6, 6.07) is 11.2. The molecule has 0 radical (unpaired) electrons. The lowest BCUT2D eigenvalue weighted by Crippen LogP contribution is -2.15. The Labute approximate surface area is 123 Å². The zero-order chi connectivity index (χ0) is 14.8. The lowest BCUT2D eigenvalue weighted by atomic mass is 9.99. The molecule has 0 saturated heterocycles. The van der Waals surface area contributed by atoms with Crippen molar-refractivity contribution < 1.29 is 19.3 Å². The number of benzene rings is 2. The summed E-state index contributed by atoms with van der Waals surface area (Å²) in [4.78, 5) is 0. The summed E-state index contributed by atoms with van der Waals surface area (Å²) in [5.41, 5.74) is 2.58. The molecule has 1 heterocycles. The SMILES string of the molecule is COc1cc(C)ccc1C(O)c1ccc2c(c1)OCCO2. The van der Waals surface area contributed by atoms with Crippen LogP contribution >= 0.6 is 0 Å². The topological polar surface area (TPSA) is 47.9 Å². The van der Waals surface area contributed by atoms with Gasteiger partial charge in [0.05, 0.1) is 7.11 Å². The fourth-order valence-electron chi connectivity index (χ4n) is 2.45. The van der Waals surface area contributed by atoms with E-state index < -0.39 is 6.10 Å². The van der Waals surface area contributed by atoms with E-state index in [4.69, 9.17) is 14.2 Å². The summed E-state index contributed by atoms with van der Waals surface area (Å²) in [6.45, 7) is 3.07. The number of hydrogen-bond donors (Lipinski definition) is 1. The third kappa shape index (κ3) is 2.67. The van der Waals surface area contributed by atoms with Gasteiger partial charge in [-0.3, -0.25) is 0 Å². The summed E-state index contributed by atoms with van der Waals surface area (Å²) in [6.07, 6.45) is -0.767. The maximum atomic E-state index is 10.6. The number of aliphatic hydroxyl groups is 1. The van der Waals surface area contributed by atoms with Crippen LogP contribution in [-0.2, 0) is 0 Å². The van der Waals surface area contributed by atoms with Crippen LogP contribution in [-0.4, -0.2) is 25.4 Å². The fourth-order valence-corrected chi connectivity index (χ4v) is 2.45. The van der Waals surface area contributed by atoms with Gasteiger partial charge in [0.25, 0.3) is 0 Å². The third-order valence-corrected chi connectivity index (χ3v) is 3.57. The van der Waals surface area contributed by atoms with Crippen molar-refractivity contribution in [3.63, 3.8) is 0 Å². The van der Waals surface area contributed by atoms with Crippen molar-refractivity contribution in [2.75, 3.05) is 20.3 Å². The van der Waals surface area contributed by atoms with E-state index in [9.17, 15) is 5.11 Å². The molecule has 3 rings (SSSR count). The highest BCUT2D eigenvalue weighted by Gasteiger charge is 2.19. The van der Waals surface area contributed by atoms with Gasteiger partial charge in [-0.25, -0.2) is 0 Å². The molecule has 1 aliphatic heterocycles. The first-order valence-electron chi connectivity index (χ1n) is 6.91. The van der Waals surface area contributed by atoms with Crippen LogP contribution in [0.2, 0.25) is 0 Å². The molecule has 1 atom stereocenters. The van der Waals surface area contributed by atoms with E-state index in [1.807, 2.05) is 43.3 Å². The molecule has 1 aliphatic rings. The number of rotatable bonds is 3. The van der Waals surface area contributed by atoms with Crippen molar-refractivity contribution >= 4 is 0 Å². The van der Waals surface area contributed by atoms with Gasteiger partial charge in [-0.15, -0.1) is 0 Å². The zero-order valence-corrected chi connectivity index (χ0v) is 12.1. The normalized spacial score (nSPS) is 14.6. The molecule has 0 aliphatic carbocycles. The minimum absolute atomic E-state index is 0.528. The molecule has 0 saturated carbocycles. The number of aliphatic hydroxyl groups excluding tert-OH is 1. The Kier molecular flexibility index (Phi) is 3.71. The number of aryl methyl sites for hydroxylation is 1. The van der Waals surface area contributed by atoms with Gasteiger partial charge < -0.3 is 19.3 Å². The summed E-state index contributed by atoms with van der Waals surface area (Å²) in [7, 11) is 1.61. The van der Waals surface area contributed by atoms with Crippen LogP contribution < -0.4 is 14.2 Å². The Bertz CT molecular complexity index is 651. The highest BCUT2D eigenvalue weighted by atomic mass is 16.6. The van der Waals surface area contributed by atoms with Crippen molar-refractivity contribution in [1.82, 2.24) is 0 Å². The lowest BCUT2D eigenvalue weighted by molar-refractivity contribution is 0.169. The van der Waals surface area contributed by atoms with Crippen LogP contribution in [0.25, 0.3) is 0 Å². The van der Waals surface area contributed by atoms with Crippen LogP contribution in [0.15, 0.2) is 36.4 Å². The molecule has 0 aromatic heterocycles. The predicted octanol–water partition coefficient (Wildman–Crippen LogP) is 2.86. The monoisotopic (exact) mass is 286 g/mol. The van der Waals surface area contributed by atoms with E-state index in [0.29, 0.717) is 30.5 Å². The van der Waals surface area contributed by atoms with Gasteiger partial charge >= 0.3 is 0 Å². The quantitative estimate of drug-likeness (QED) is 0.942. The van der Waals surface area contributed by atoms with Gasteiger partial charge in [-0.1, -0.05) is 18.2 Å². The minimum atomic E-state index is -0.767. The summed E-state index contributed by atoms with van der Waals surface area (Å²) in [5, 5.41) is 10.6. The molecule has 4 nitrogen and oxygen atoms in total. The van der Waals surface area contributed by atoms with Gasteiger partial charge in [0.1, 0.15) is 25.1 Å². The lowest BCUT2D eigenvalue weighted by Gasteiger charge is -2.21. The largest absolute Gasteiger partial charge is 0.496 e. The highest BCUT2D eigenvalue weighted by molar-refractivity contribution is 5.48. The second-order valence-corrected chi connectivity index (χ2v) is 5.05. The summed E-state index contributed by atoms with van der Waals surface area (Å²) >= 11 is 0. The molecule has 0 bridgehead atoms. The van der Waals surface area contributed by atoms with Crippen LogP contribution in [0.1, 0.15) is 22.8 Å². The first-order valence-corrected chi connectivity index (χ1v) is 6.91. The van der Waals surface area contributed by atoms with Crippen molar-refractivity contribution in [1.29, 1.82) is 0 Å². The van der Waals surface area contributed by atoms with Crippen molar-refractivity contribution in [3.8, 4) is 17.2 Å². The Balaban J connectivity index is 1.96. The second-order valence-electron chi connectivity index (χ2n) is 5.05. The Morgan fingerprint density at radius 3 is 2.57 bits per heavy atom. The van der Waals surface area contributed by atoms with Crippen LogP contribution in [0.4, 0.5) is 0 Å². The maximum Gasteiger partial charge on any atom is 0.161 e. The maximum absolute atomic E-state index is 10.6. The Morgan fingerprint density at radius 1 is 1.05 bits per heavy atom. The van der Waals surface area contributed by atoms with Gasteiger partial charge in [0.2, 0.25) is 0 Å². The second kappa shape index (κ2) is 5.66. The minimum Gasteiger partial charge on any atom is -0.496 e. The molecule has 2 aromatic rings. The molecule has 0 fully saturated rings. The first kappa shape index (κ1) is 13.8. The molecule has 1 N–H and O–H groups in total. The molecule has 0 spiro atoms. The van der Waals surface area contributed by atoms with Crippen LogP contribution in [0.3, 0.4) is 0 Å². The summed E-state index contributed by atoms with van der Waals surface area (Å²) in [5.74, 6) is 2.06. The molecule has 2 aromatic carbocycles. The first-order chi connectivity index (χ1) is 10.2. The molecular formula is C17H18O4. The molecule has 4 heteroatoms. The molecule has 110 valence electrons. The number of ether oxygens (including phenoxy) is 3. The highest BCUT2D eigenvalue weighted by Crippen LogP contribution is 2.36. The van der Waals surface area contributed by atoms with Crippen molar-refractivity contribution in [2.24, 2.45) is 0 Å². The molecule has 0 amide bonds. The predicted molar refractivity (Wildman–Crippen MR) is 79.2 cm³/mol. The zero-order valence-electron chi connectivity index (χ0n) is 12.1. The van der Waals surface area contributed by atoms with Crippen LogP contribution in [0.5, 0.6) is 17.2 Å². The number of methoxy groups -OCH3 is 1. The Hall–Kier alpha value is -2.20. The van der Waals surface area contributed by atoms with Gasteiger partial charge in [-0.05, 0) is 36.2 Å². The van der Waals surface area contributed by atoms with E-state index in [2.05, 4.69) is 0 Å². The average molecular weight is 286 g/mol. The molecule has 1 unspecified atom stereocenters. The van der Waals surface area contributed by atoms with E-state index in [0.717, 1.165) is 16.7 Å². The fraction of sp³-hybridized carbons (Fsp3) is 0.294. The number of fused-ring (bicyclic) bond motifs is 1. The van der Waals surface area contributed by atoms with Crippen molar-refractivity contribution in [3.05, 3.63) is 53.1 Å². The Morgan fingerprint density at radius 2 is 1.81 bits per heavy atom. The smallest absolute Gasteiger partial charge is 0.161 e. The van der Waals surface area contributed by atoms with Crippen LogP contribution in [0, 0.1) is 6.92 Å². The molecule has 21 heavy (non-hydrogen) atoms. The summed E-state index contributed by atoms with van der Waals surface area (Å²) < 4.78 is 16.4. The van der Waals surface area contributed by atoms with E-state index in [1.54, 1.807) is 7.11 Å². The van der Waals surface area contributed by atoms with Gasteiger partial charge in [0, 0.05) is 5.56 Å². The van der Waals surface area contributed by atoms with E-state index >= 15 is 0 Å². The van der Waals surface area contributed by atoms with Gasteiger partial charge in [-0.2, -0.15) is 0 Å². The van der Waals surface area contributed by atoms with E-state index in [-0.39, 0.29) is 0 Å². The third-order valence-electron chi connectivity index (χ3n) is 3.57. The molecular weight excluding hydrogens is 268 g/mol. The number of hydrogen-bond acceptors (Lipinski definition) is 4. The van der Waals surface area contributed by atoms with Gasteiger partial charge in [0.15, 0.2) is 11.5 Å². The van der Waals surface area contributed by atoms with Crippen molar-refractivity contribution in [2.45, 2.75) is 13.0 Å². The average Bonchev–Trinajstić information content (AvgIpc) is 2.53. The van der Waals surface area contributed by atoms with E-state index in [1.165, 1.54) is 0 Å².